The number of halogens is 2. The van der Waals surface area contributed by atoms with E-state index in [1.54, 1.807) is 0 Å². The van der Waals surface area contributed by atoms with Gasteiger partial charge in [-0.1, -0.05) is 17.5 Å². The number of nitrogens with one attached hydrogen (secondary N) is 2. The van der Waals surface area contributed by atoms with Crippen molar-refractivity contribution < 1.29 is 4.39 Å². The first-order chi connectivity index (χ1) is 8.04. The molecule has 5 nitrogen and oxygen atoms in total. The number of nitrogens with zero attached hydrogens (tertiary/aromatic N) is 1. The summed E-state index contributed by atoms with van der Waals surface area (Å²) in [5.41, 5.74) is -1.86. The van der Waals surface area contributed by atoms with E-state index in [4.69, 9.17) is 11.6 Å². The van der Waals surface area contributed by atoms with Gasteiger partial charge in [0.2, 0.25) is 0 Å². The molecule has 0 radical (unpaired) electrons. The van der Waals surface area contributed by atoms with E-state index >= 15 is 0 Å². The monoisotopic (exact) mass is 253 g/mol. The van der Waals surface area contributed by atoms with E-state index in [0.29, 0.717) is 0 Å². The van der Waals surface area contributed by atoms with Crippen molar-refractivity contribution >= 4 is 22.5 Å². The first kappa shape index (κ1) is 11.4. The van der Waals surface area contributed by atoms with Gasteiger partial charge in [0.25, 0.3) is 5.56 Å². The molecule has 2 heterocycles. The average molecular weight is 254 g/mol. The van der Waals surface area contributed by atoms with Crippen molar-refractivity contribution in [3.8, 4) is 11.8 Å². The zero-order valence-electron chi connectivity index (χ0n) is 8.52. The van der Waals surface area contributed by atoms with Crippen LogP contribution in [0, 0.1) is 17.7 Å². The zero-order chi connectivity index (χ0) is 12.6. The molecular formula is C10H5ClFN3O2. The molecule has 17 heavy (non-hydrogen) atoms. The zero-order valence-corrected chi connectivity index (χ0v) is 9.28. The van der Waals surface area contributed by atoms with Gasteiger partial charge in [-0.05, 0) is 12.8 Å². The molecule has 2 rings (SSSR count). The van der Waals surface area contributed by atoms with Crippen LogP contribution in [0.15, 0.2) is 9.59 Å². The third kappa shape index (κ3) is 1.81. The Morgan fingerprint density at radius 1 is 1.35 bits per heavy atom. The van der Waals surface area contributed by atoms with E-state index in [2.05, 4.69) is 21.8 Å². The predicted molar refractivity (Wildman–Crippen MR) is 60.5 cm³/mol. The average Bonchev–Trinajstić information content (AvgIpc) is 2.25. The molecule has 0 saturated carbocycles. The van der Waals surface area contributed by atoms with Crippen LogP contribution in [0.3, 0.4) is 0 Å². The van der Waals surface area contributed by atoms with Gasteiger partial charge >= 0.3 is 5.69 Å². The summed E-state index contributed by atoms with van der Waals surface area (Å²) < 4.78 is 13.6. The lowest BCUT2D eigenvalue weighted by molar-refractivity contribution is 0.630. The topological polar surface area (TPSA) is 78.6 Å². The quantitative estimate of drug-likeness (QED) is 0.538. The lowest BCUT2D eigenvalue weighted by Gasteiger charge is -2.02. The minimum atomic E-state index is -0.952. The summed E-state index contributed by atoms with van der Waals surface area (Å²) in [6, 6.07) is 0. The lowest BCUT2D eigenvalue weighted by Crippen LogP contribution is -2.23. The summed E-state index contributed by atoms with van der Waals surface area (Å²) in [6.07, 6.45) is 0. The van der Waals surface area contributed by atoms with Crippen molar-refractivity contribution in [2.75, 3.05) is 0 Å². The maximum absolute atomic E-state index is 13.6. The van der Waals surface area contributed by atoms with Crippen LogP contribution in [0.5, 0.6) is 0 Å². The fraction of sp³-hybridized carbons (Fsp3) is 0.100. The molecular weight excluding hydrogens is 249 g/mol. The van der Waals surface area contributed by atoms with Crippen molar-refractivity contribution in [1.29, 1.82) is 0 Å². The summed E-state index contributed by atoms with van der Waals surface area (Å²) in [5, 5.41) is -0.572. The smallest absolute Gasteiger partial charge is 0.304 e. The van der Waals surface area contributed by atoms with Gasteiger partial charge in [-0.2, -0.15) is 0 Å². The van der Waals surface area contributed by atoms with Crippen molar-refractivity contribution in [3.05, 3.63) is 37.5 Å². The Morgan fingerprint density at radius 3 is 2.71 bits per heavy atom. The first-order valence-electron chi connectivity index (χ1n) is 4.48. The van der Waals surface area contributed by atoms with Gasteiger partial charge in [0.1, 0.15) is 11.1 Å². The number of hydrogen-bond donors (Lipinski definition) is 2. The predicted octanol–water partition coefficient (Wildman–Crippen LogP) is 0.775. The first-order valence-corrected chi connectivity index (χ1v) is 4.86. The Hall–Kier alpha value is -2.13. The third-order valence-electron chi connectivity index (χ3n) is 2.03. The number of fused-ring (bicyclic) bond motifs is 1. The Morgan fingerprint density at radius 2 is 2.06 bits per heavy atom. The SMILES string of the molecule is CC#Cc1nc(Cl)c(F)c2[nH]c(=O)[nH]c(=O)c12. The standard InChI is InChI=1S/C10H5ClFN3O2/c1-2-3-4-5-7(6(12)8(11)13-4)14-10(17)15-9(5)16/h1H3,(H2,14,15,16,17). The molecule has 0 aromatic carbocycles. The molecule has 0 aliphatic carbocycles. The van der Waals surface area contributed by atoms with Gasteiger partial charge in [-0.25, -0.2) is 14.2 Å². The molecule has 0 saturated heterocycles. The normalized spacial score (nSPS) is 10.1. The molecule has 0 aliphatic heterocycles. The van der Waals surface area contributed by atoms with Crippen molar-refractivity contribution in [2.45, 2.75) is 6.92 Å². The van der Waals surface area contributed by atoms with Gasteiger partial charge in [-0.15, -0.1) is 0 Å². The van der Waals surface area contributed by atoms with Crippen LogP contribution < -0.4 is 11.2 Å². The summed E-state index contributed by atoms with van der Waals surface area (Å²) >= 11 is 5.55. The molecule has 0 spiro atoms. The molecule has 2 aromatic heterocycles. The molecule has 0 fully saturated rings. The highest BCUT2D eigenvalue weighted by Crippen LogP contribution is 2.19. The van der Waals surface area contributed by atoms with E-state index in [0.717, 1.165) is 0 Å². The van der Waals surface area contributed by atoms with Gasteiger partial charge in [0.05, 0.1) is 5.52 Å². The second kappa shape index (κ2) is 4.03. The van der Waals surface area contributed by atoms with Crippen molar-refractivity contribution in [2.24, 2.45) is 0 Å². The number of H-pyrrole nitrogens is 2. The third-order valence-corrected chi connectivity index (χ3v) is 2.28. The van der Waals surface area contributed by atoms with Crippen LogP contribution in [0.1, 0.15) is 12.6 Å². The summed E-state index contributed by atoms with van der Waals surface area (Å²) in [4.78, 5) is 30.4. The Kier molecular flexibility index (Phi) is 2.69. The number of rotatable bonds is 0. The van der Waals surface area contributed by atoms with Gasteiger partial charge in [0, 0.05) is 0 Å². The van der Waals surface area contributed by atoms with Crippen LogP contribution in [0.4, 0.5) is 4.39 Å². The number of aromatic nitrogens is 3. The molecule has 2 aromatic rings. The van der Waals surface area contributed by atoms with Gasteiger partial charge in [-0.3, -0.25) is 9.78 Å². The van der Waals surface area contributed by atoms with Crippen LogP contribution in [0.2, 0.25) is 5.15 Å². The molecule has 0 atom stereocenters. The highest BCUT2D eigenvalue weighted by atomic mass is 35.5. The molecule has 0 bridgehead atoms. The Balaban J connectivity index is 3.13. The van der Waals surface area contributed by atoms with Crippen LogP contribution in [-0.2, 0) is 0 Å². The lowest BCUT2D eigenvalue weighted by atomic mass is 10.2. The molecule has 0 unspecified atom stereocenters. The second-order valence-electron chi connectivity index (χ2n) is 3.10. The van der Waals surface area contributed by atoms with Crippen LogP contribution in [0.25, 0.3) is 10.9 Å². The minimum Gasteiger partial charge on any atom is -0.304 e. The molecule has 0 aliphatic rings. The van der Waals surface area contributed by atoms with E-state index < -0.39 is 22.2 Å². The highest BCUT2D eigenvalue weighted by Gasteiger charge is 2.15. The van der Waals surface area contributed by atoms with E-state index in [1.165, 1.54) is 6.92 Å². The maximum atomic E-state index is 13.6. The molecule has 0 amide bonds. The minimum absolute atomic E-state index is 0.0198. The fourth-order valence-corrected chi connectivity index (χ4v) is 1.57. The van der Waals surface area contributed by atoms with Crippen molar-refractivity contribution in [3.63, 3.8) is 0 Å². The van der Waals surface area contributed by atoms with Crippen LogP contribution >= 0.6 is 11.6 Å². The second-order valence-corrected chi connectivity index (χ2v) is 3.46. The summed E-state index contributed by atoms with van der Waals surface area (Å²) in [7, 11) is 0. The summed E-state index contributed by atoms with van der Waals surface area (Å²) in [5.74, 6) is 4.10. The number of pyridine rings is 1. The van der Waals surface area contributed by atoms with Gasteiger partial charge < -0.3 is 4.98 Å². The Labute approximate surface area is 98.7 Å². The molecule has 2 N–H and O–H groups in total. The summed E-state index contributed by atoms with van der Waals surface area (Å²) in [6.45, 7) is 1.53. The number of aromatic amines is 2. The highest BCUT2D eigenvalue weighted by molar-refractivity contribution is 6.30. The van der Waals surface area contributed by atoms with E-state index in [-0.39, 0.29) is 16.6 Å². The van der Waals surface area contributed by atoms with Crippen LogP contribution in [-0.4, -0.2) is 15.0 Å². The van der Waals surface area contributed by atoms with Gasteiger partial charge in [0.15, 0.2) is 11.0 Å². The molecule has 86 valence electrons. The number of hydrogen-bond acceptors (Lipinski definition) is 3. The Bertz CT molecular complexity index is 782. The molecule has 7 heteroatoms. The van der Waals surface area contributed by atoms with Crippen molar-refractivity contribution in [1.82, 2.24) is 15.0 Å². The maximum Gasteiger partial charge on any atom is 0.326 e. The van der Waals surface area contributed by atoms with E-state index in [9.17, 15) is 14.0 Å². The largest absolute Gasteiger partial charge is 0.326 e. The van der Waals surface area contributed by atoms with E-state index in [1.807, 2.05) is 4.98 Å². The fourth-order valence-electron chi connectivity index (χ4n) is 1.39.